The van der Waals surface area contributed by atoms with Gasteiger partial charge in [-0.2, -0.15) is 0 Å². The second-order valence-corrected chi connectivity index (χ2v) is 10.5. The van der Waals surface area contributed by atoms with Crippen LogP contribution in [0.1, 0.15) is 18.4 Å². The molecule has 1 N–H and O–H groups in total. The van der Waals surface area contributed by atoms with Gasteiger partial charge in [-0.3, -0.25) is 0 Å². The Bertz CT molecular complexity index is 1080. The fourth-order valence-corrected chi connectivity index (χ4v) is 5.99. The summed E-state index contributed by atoms with van der Waals surface area (Å²) in [5.41, 5.74) is 3.58. The number of benzene rings is 2. The number of halogens is 4. The van der Waals surface area contributed by atoms with E-state index in [1.165, 1.54) is 12.1 Å². The van der Waals surface area contributed by atoms with Gasteiger partial charge >= 0.3 is 212 Å². The molecule has 0 aromatic heterocycles. The van der Waals surface area contributed by atoms with Gasteiger partial charge in [0.25, 0.3) is 0 Å². The first-order valence-corrected chi connectivity index (χ1v) is 14.3. The first-order chi connectivity index (χ1) is 15.5. The molecular weight excluding hydrogens is 608 g/mol. The minimum atomic E-state index is -0.365. The summed E-state index contributed by atoms with van der Waals surface area (Å²) in [4.78, 5) is 18.7. The van der Waals surface area contributed by atoms with Gasteiger partial charge in [0.1, 0.15) is 0 Å². The van der Waals surface area contributed by atoms with Crippen LogP contribution in [0.15, 0.2) is 72.5 Å². The van der Waals surface area contributed by atoms with Crippen molar-refractivity contribution in [1.82, 2.24) is 10.2 Å². The van der Waals surface area contributed by atoms with Crippen LogP contribution < -0.4 is 26.5 Å². The van der Waals surface area contributed by atoms with Crippen LogP contribution in [0.3, 0.4) is 0 Å². The number of carbonyl (C=O) groups excluding carboxylic acids is 1. The molecule has 8 heteroatoms. The SMILES string of the molecule is O=C(CBr)N1CCC(NC2=C[I-]C=C(Cl)C(c3cccc(-c4ccc(F)cc4)c3)=N2)CC1. The fourth-order valence-electron chi connectivity index (χ4n) is 3.72. The first kappa shape index (κ1) is 23.4. The standard InChI is InChI=1S/C24H22BrClFIN3O/c25-13-23(32)31-10-8-20(9-11-31)29-22-15-28-14-21(26)24(30-22)18-3-1-2-17(12-18)16-4-6-19(27)7-5-16/h1-7,12,14-15,20,29H,8-11,13H2/q-1. The Kier molecular flexibility index (Phi) is 8.02. The number of nitrogens with zero attached hydrogens (tertiary/aromatic N) is 2. The number of piperidine rings is 1. The zero-order valence-corrected chi connectivity index (χ0v) is 21.7. The molecule has 2 aromatic carbocycles. The molecule has 0 unspecified atom stereocenters. The quantitative estimate of drug-likeness (QED) is 0.408. The molecule has 2 aliphatic heterocycles. The molecule has 168 valence electrons. The van der Waals surface area contributed by atoms with E-state index in [9.17, 15) is 9.18 Å². The number of rotatable bonds is 5. The van der Waals surface area contributed by atoms with Crippen LogP contribution >= 0.6 is 27.5 Å². The molecule has 0 saturated carbocycles. The van der Waals surface area contributed by atoms with E-state index in [1.807, 2.05) is 29.2 Å². The predicted octanol–water partition coefficient (Wildman–Crippen LogP) is 2.24. The molecule has 0 bridgehead atoms. The van der Waals surface area contributed by atoms with Crippen molar-refractivity contribution in [3.63, 3.8) is 0 Å². The molecule has 0 radical (unpaired) electrons. The molecule has 0 aliphatic carbocycles. The van der Waals surface area contributed by atoms with E-state index >= 15 is 0 Å². The van der Waals surface area contributed by atoms with Gasteiger partial charge in [-0.15, -0.1) is 0 Å². The van der Waals surface area contributed by atoms with Crippen LogP contribution in [0.5, 0.6) is 0 Å². The zero-order chi connectivity index (χ0) is 22.5. The third-order valence-corrected chi connectivity index (χ3v) is 8.48. The summed E-state index contributed by atoms with van der Waals surface area (Å²) in [6.45, 7) is 1.50. The monoisotopic (exact) mass is 628 g/mol. The van der Waals surface area contributed by atoms with Crippen LogP contribution in [0.25, 0.3) is 11.1 Å². The van der Waals surface area contributed by atoms with E-state index < -0.39 is 0 Å². The van der Waals surface area contributed by atoms with Gasteiger partial charge in [-0.05, 0) is 0 Å². The first-order valence-electron chi connectivity index (χ1n) is 10.3. The number of aliphatic imine (C=N–C) groups is 1. The molecule has 1 fully saturated rings. The van der Waals surface area contributed by atoms with Crippen molar-refractivity contribution in [2.24, 2.45) is 4.99 Å². The Morgan fingerprint density at radius 1 is 1.12 bits per heavy atom. The predicted molar refractivity (Wildman–Crippen MR) is 127 cm³/mol. The third-order valence-electron chi connectivity index (χ3n) is 5.41. The van der Waals surface area contributed by atoms with E-state index in [2.05, 4.69) is 29.4 Å². The van der Waals surface area contributed by atoms with Crippen molar-refractivity contribution in [2.45, 2.75) is 18.9 Å². The van der Waals surface area contributed by atoms with Crippen LogP contribution in [-0.2, 0) is 4.79 Å². The van der Waals surface area contributed by atoms with Crippen molar-refractivity contribution >= 4 is 39.1 Å². The Morgan fingerprint density at radius 2 is 1.84 bits per heavy atom. The number of amides is 1. The molecular formula is C24H22BrClFIN3O-. The third kappa shape index (κ3) is 5.80. The maximum atomic E-state index is 13.3. The van der Waals surface area contributed by atoms with E-state index in [-0.39, 0.29) is 39.0 Å². The van der Waals surface area contributed by atoms with Gasteiger partial charge in [0.15, 0.2) is 0 Å². The molecule has 4 nitrogen and oxygen atoms in total. The minimum absolute atomic E-state index is 0.139. The number of allylic oxidation sites excluding steroid dienone is 1. The molecule has 2 aromatic rings. The average molecular weight is 630 g/mol. The van der Waals surface area contributed by atoms with Gasteiger partial charge in [-0.25, -0.2) is 0 Å². The average Bonchev–Trinajstić information content (AvgIpc) is 3.00. The Balaban J connectivity index is 1.52. The van der Waals surface area contributed by atoms with Crippen molar-refractivity contribution < 1.29 is 30.4 Å². The Labute approximate surface area is 211 Å². The molecule has 0 spiro atoms. The van der Waals surface area contributed by atoms with Gasteiger partial charge in [0, 0.05) is 0 Å². The maximum absolute atomic E-state index is 13.3. The van der Waals surface area contributed by atoms with Crippen LogP contribution in [0.2, 0.25) is 0 Å². The van der Waals surface area contributed by atoms with E-state index in [4.69, 9.17) is 16.6 Å². The number of likely N-dealkylation sites (tertiary alicyclic amines) is 1. The zero-order valence-electron chi connectivity index (χ0n) is 17.2. The van der Waals surface area contributed by atoms with Crippen molar-refractivity contribution in [3.05, 3.63) is 78.9 Å². The molecule has 2 heterocycles. The van der Waals surface area contributed by atoms with Crippen molar-refractivity contribution in [1.29, 1.82) is 0 Å². The summed E-state index contributed by atoms with van der Waals surface area (Å²) in [6, 6.07) is 14.7. The summed E-state index contributed by atoms with van der Waals surface area (Å²) in [5, 5.41) is 4.59. The van der Waals surface area contributed by atoms with Gasteiger partial charge in [0.05, 0.1) is 0 Å². The summed E-state index contributed by atoms with van der Waals surface area (Å²) in [7, 11) is 0. The molecule has 1 amide bonds. The van der Waals surface area contributed by atoms with Gasteiger partial charge in [-0.1, -0.05) is 0 Å². The molecule has 4 rings (SSSR count). The van der Waals surface area contributed by atoms with E-state index in [0.717, 1.165) is 54.2 Å². The summed E-state index contributed by atoms with van der Waals surface area (Å²) >= 11 is 9.50. The van der Waals surface area contributed by atoms with E-state index in [1.54, 1.807) is 12.1 Å². The van der Waals surface area contributed by atoms with Crippen LogP contribution in [0, 0.1) is 5.82 Å². The Hall–Kier alpha value is -1.71. The molecule has 1 saturated heterocycles. The number of hydrogen-bond donors (Lipinski definition) is 1. The fraction of sp³-hybridized carbons (Fsp3) is 0.250. The van der Waals surface area contributed by atoms with Gasteiger partial charge in [0.2, 0.25) is 0 Å². The van der Waals surface area contributed by atoms with Crippen LogP contribution in [0.4, 0.5) is 4.39 Å². The molecule has 2 aliphatic rings. The number of nitrogens with one attached hydrogen (secondary N) is 1. The number of hydrogen-bond acceptors (Lipinski definition) is 3. The number of carbonyl (C=O) groups is 1. The van der Waals surface area contributed by atoms with Crippen molar-refractivity contribution in [3.8, 4) is 11.1 Å². The van der Waals surface area contributed by atoms with Crippen molar-refractivity contribution in [2.75, 3.05) is 18.4 Å². The molecule has 0 atom stereocenters. The van der Waals surface area contributed by atoms with Crippen LogP contribution in [-0.4, -0.2) is 41.0 Å². The second-order valence-electron chi connectivity index (χ2n) is 7.56. The number of alkyl halides is 1. The second kappa shape index (κ2) is 10.9. The van der Waals surface area contributed by atoms with Gasteiger partial charge < -0.3 is 0 Å². The topological polar surface area (TPSA) is 44.7 Å². The summed E-state index contributed by atoms with van der Waals surface area (Å²) in [5.74, 6) is 0.730. The summed E-state index contributed by atoms with van der Waals surface area (Å²) < 4.78 is 17.5. The summed E-state index contributed by atoms with van der Waals surface area (Å²) in [6.07, 6.45) is 1.78. The molecule has 32 heavy (non-hydrogen) atoms. The van der Waals surface area contributed by atoms with E-state index in [0.29, 0.717) is 10.4 Å². The Morgan fingerprint density at radius 3 is 2.56 bits per heavy atom. The normalized spacial score (nSPS) is 17.5.